The van der Waals surface area contributed by atoms with Crippen molar-refractivity contribution in [3.05, 3.63) is 47.5 Å². The van der Waals surface area contributed by atoms with Crippen LogP contribution in [0.5, 0.6) is 5.75 Å². The van der Waals surface area contributed by atoms with Crippen LogP contribution in [0.2, 0.25) is 0 Å². The van der Waals surface area contributed by atoms with Crippen molar-refractivity contribution >= 4 is 11.9 Å². The number of benzene rings is 1. The lowest BCUT2D eigenvalue weighted by Crippen LogP contribution is -2.50. The fraction of sp³-hybridized carbons (Fsp3) is 0.500. The lowest BCUT2D eigenvalue weighted by atomic mass is 9.90. The zero-order chi connectivity index (χ0) is 21.2. The molecule has 0 fully saturated rings. The maximum atomic E-state index is 13.0. The summed E-state index contributed by atoms with van der Waals surface area (Å²) < 4.78 is 12.2. The van der Waals surface area contributed by atoms with Gasteiger partial charge in [0.25, 0.3) is 0 Å². The highest BCUT2D eigenvalue weighted by Gasteiger charge is 2.38. The van der Waals surface area contributed by atoms with E-state index in [-0.39, 0.29) is 11.3 Å². The second kappa shape index (κ2) is 8.27. The van der Waals surface area contributed by atoms with Gasteiger partial charge in [-0.25, -0.2) is 9.78 Å². The van der Waals surface area contributed by atoms with Crippen molar-refractivity contribution in [3.63, 3.8) is 0 Å². The minimum Gasteiger partial charge on any atom is -0.497 e. The third kappa shape index (κ3) is 4.78. The van der Waals surface area contributed by atoms with Crippen molar-refractivity contribution in [2.45, 2.75) is 52.7 Å². The molecule has 0 N–H and O–H groups in total. The molecule has 1 aromatic carbocycles. The molecule has 3 rings (SSSR count). The molecule has 1 aliphatic heterocycles. The fourth-order valence-electron chi connectivity index (χ4n) is 3.59. The van der Waals surface area contributed by atoms with Gasteiger partial charge in [-0.05, 0) is 23.1 Å². The van der Waals surface area contributed by atoms with Crippen molar-refractivity contribution in [1.82, 2.24) is 14.5 Å². The minimum atomic E-state index is -0.633. The number of hydrogen-bond acceptors (Lipinski definition) is 5. The molecule has 0 saturated heterocycles. The summed E-state index contributed by atoms with van der Waals surface area (Å²) in [6, 6.07) is 7.23. The van der Waals surface area contributed by atoms with E-state index in [0.29, 0.717) is 25.9 Å². The Kier molecular flexibility index (Phi) is 5.96. The molecule has 1 atom stereocenters. The Morgan fingerprint density at radius 1 is 1.17 bits per heavy atom. The van der Waals surface area contributed by atoms with Crippen LogP contribution in [0.4, 0.5) is 0 Å². The summed E-state index contributed by atoms with van der Waals surface area (Å²) in [5.74, 6) is 0.361. The van der Waals surface area contributed by atoms with Gasteiger partial charge in [0.15, 0.2) is 0 Å². The molecular formula is C22H29N3O4. The molecule has 7 nitrogen and oxygen atoms in total. The largest absolute Gasteiger partial charge is 0.497 e. The van der Waals surface area contributed by atoms with Crippen LogP contribution in [-0.4, -0.2) is 46.6 Å². The number of methoxy groups -OCH3 is 2. The lowest BCUT2D eigenvalue weighted by molar-refractivity contribution is -0.154. The highest BCUT2D eigenvalue weighted by molar-refractivity contribution is 5.85. The third-order valence-electron chi connectivity index (χ3n) is 5.10. The van der Waals surface area contributed by atoms with E-state index < -0.39 is 12.0 Å². The molecule has 156 valence electrons. The van der Waals surface area contributed by atoms with Gasteiger partial charge in [-0.1, -0.05) is 32.9 Å². The topological polar surface area (TPSA) is 73.7 Å². The lowest BCUT2D eigenvalue weighted by Gasteiger charge is -2.35. The summed E-state index contributed by atoms with van der Waals surface area (Å²) in [7, 11) is 2.99. The molecule has 0 saturated carbocycles. The summed E-state index contributed by atoms with van der Waals surface area (Å²) in [6.07, 6.45) is 2.51. The van der Waals surface area contributed by atoms with Crippen molar-refractivity contribution in [2.75, 3.05) is 14.2 Å². The number of ether oxygens (including phenoxy) is 2. The zero-order valence-electron chi connectivity index (χ0n) is 17.8. The monoisotopic (exact) mass is 399 g/mol. The van der Waals surface area contributed by atoms with Crippen LogP contribution in [0.25, 0.3) is 0 Å². The normalized spacial score (nSPS) is 16.3. The summed E-state index contributed by atoms with van der Waals surface area (Å²) in [6.45, 7) is 7.03. The number of rotatable bonds is 5. The average molecular weight is 399 g/mol. The van der Waals surface area contributed by atoms with E-state index >= 15 is 0 Å². The molecule has 1 amide bonds. The standard InChI is InChI=1S/C22H29N3O4/c1-22(2,3)11-20(26)25-13-19-17(10-18(25)21(27)29-5)23-14-24(19)12-15-6-8-16(28-4)9-7-15/h6-9,14,18H,10-13H2,1-5H3/t18-/m0/s1. The van der Waals surface area contributed by atoms with Crippen molar-refractivity contribution < 1.29 is 19.1 Å². The number of carbonyl (C=O) groups excluding carboxylic acids is 2. The predicted octanol–water partition coefficient (Wildman–Crippen LogP) is 2.80. The Morgan fingerprint density at radius 2 is 1.86 bits per heavy atom. The van der Waals surface area contributed by atoms with Crippen LogP contribution >= 0.6 is 0 Å². The Balaban J connectivity index is 1.86. The first-order chi connectivity index (χ1) is 13.7. The van der Waals surface area contributed by atoms with E-state index in [4.69, 9.17) is 9.47 Å². The molecule has 7 heteroatoms. The molecule has 0 aliphatic carbocycles. The molecule has 0 unspecified atom stereocenters. The number of fused-ring (bicyclic) bond motifs is 1. The van der Waals surface area contributed by atoms with Crippen LogP contribution in [0.1, 0.15) is 44.1 Å². The summed E-state index contributed by atoms with van der Waals surface area (Å²) in [4.78, 5) is 31.5. The molecule has 29 heavy (non-hydrogen) atoms. The molecule has 2 heterocycles. The van der Waals surface area contributed by atoms with Crippen molar-refractivity contribution in [2.24, 2.45) is 5.41 Å². The van der Waals surface area contributed by atoms with Gasteiger partial charge >= 0.3 is 5.97 Å². The van der Waals surface area contributed by atoms with Gasteiger partial charge in [-0.3, -0.25) is 4.79 Å². The first-order valence-electron chi connectivity index (χ1n) is 9.75. The minimum absolute atomic E-state index is 0.0456. The van der Waals surface area contributed by atoms with Gasteiger partial charge in [0.2, 0.25) is 5.91 Å². The fourth-order valence-corrected chi connectivity index (χ4v) is 3.59. The summed E-state index contributed by atoms with van der Waals surface area (Å²) in [5, 5.41) is 0. The first kappa shape index (κ1) is 20.9. The number of nitrogens with zero attached hydrogens (tertiary/aromatic N) is 3. The average Bonchev–Trinajstić information content (AvgIpc) is 3.07. The molecule has 0 spiro atoms. The maximum absolute atomic E-state index is 13.0. The van der Waals surface area contributed by atoms with Crippen molar-refractivity contribution in [3.8, 4) is 5.75 Å². The van der Waals surface area contributed by atoms with E-state index in [2.05, 4.69) is 4.98 Å². The number of esters is 1. The molecule has 0 bridgehead atoms. The van der Waals surface area contributed by atoms with Gasteiger partial charge in [0.1, 0.15) is 11.8 Å². The SMILES string of the molecule is COC(=O)[C@@H]1Cc2ncn(Cc3ccc(OC)cc3)c2CN1C(=O)CC(C)(C)C. The first-order valence-corrected chi connectivity index (χ1v) is 9.75. The van der Waals surface area contributed by atoms with Gasteiger partial charge in [0.05, 0.1) is 38.5 Å². The second-order valence-corrected chi connectivity index (χ2v) is 8.62. The van der Waals surface area contributed by atoms with Gasteiger partial charge < -0.3 is 18.9 Å². The van der Waals surface area contributed by atoms with Gasteiger partial charge in [0, 0.05) is 19.4 Å². The Labute approximate surface area is 171 Å². The number of hydrogen-bond donors (Lipinski definition) is 0. The highest BCUT2D eigenvalue weighted by Crippen LogP contribution is 2.28. The van der Waals surface area contributed by atoms with Gasteiger partial charge in [-0.15, -0.1) is 0 Å². The van der Waals surface area contributed by atoms with Crippen LogP contribution in [0.3, 0.4) is 0 Å². The van der Waals surface area contributed by atoms with Crippen LogP contribution < -0.4 is 4.74 Å². The van der Waals surface area contributed by atoms with E-state index in [1.54, 1.807) is 18.3 Å². The van der Waals surface area contributed by atoms with Crippen LogP contribution in [-0.2, 0) is 33.8 Å². The van der Waals surface area contributed by atoms with Crippen LogP contribution in [0.15, 0.2) is 30.6 Å². The van der Waals surface area contributed by atoms with Crippen LogP contribution in [0, 0.1) is 5.41 Å². The number of amides is 1. The molecule has 1 aromatic heterocycles. The number of aromatic nitrogens is 2. The summed E-state index contributed by atoms with van der Waals surface area (Å²) in [5.41, 5.74) is 2.74. The maximum Gasteiger partial charge on any atom is 0.329 e. The Bertz CT molecular complexity index is 880. The number of carbonyl (C=O) groups is 2. The van der Waals surface area contributed by atoms with Gasteiger partial charge in [-0.2, -0.15) is 0 Å². The number of imidazole rings is 1. The molecule has 1 aliphatic rings. The quantitative estimate of drug-likeness (QED) is 0.723. The van der Waals surface area contributed by atoms with E-state index in [1.165, 1.54) is 7.11 Å². The van der Waals surface area contributed by atoms with Crippen molar-refractivity contribution in [1.29, 1.82) is 0 Å². The highest BCUT2D eigenvalue weighted by atomic mass is 16.5. The second-order valence-electron chi connectivity index (χ2n) is 8.62. The van der Waals surface area contributed by atoms with E-state index in [0.717, 1.165) is 22.7 Å². The van der Waals surface area contributed by atoms with E-state index in [9.17, 15) is 9.59 Å². The zero-order valence-corrected chi connectivity index (χ0v) is 17.8. The summed E-state index contributed by atoms with van der Waals surface area (Å²) >= 11 is 0. The third-order valence-corrected chi connectivity index (χ3v) is 5.10. The Hall–Kier alpha value is -2.83. The Morgan fingerprint density at radius 3 is 2.45 bits per heavy atom. The van der Waals surface area contributed by atoms with E-state index in [1.807, 2.05) is 49.6 Å². The molecule has 0 radical (unpaired) electrons. The molecule has 2 aromatic rings. The smallest absolute Gasteiger partial charge is 0.329 e. The molecular weight excluding hydrogens is 370 g/mol. The predicted molar refractivity (Wildman–Crippen MR) is 108 cm³/mol.